The van der Waals surface area contributed by atoms with Crippen molar-refractivity contribution >= 4 is 8.60 Å². The number of rotatable bonds is 3. The number of nitrogens with two attached hydrogens (primary N) is 1. The van der Waals surface area contributed by atoms with E-state index in [-0.39, 0.29) is 39.6 Å². The van der Waals surface area contributed by atoms with Gasteiger partial charge in [0.15, 0.2) is 0 Å². The summed E-state index contributed by atoms with van der Waals surface area (Å²) in [6.45, 7) is 30.5. The molecule has 4 unspecified atom stereocenters. The van der Waals surface area contributed by atoms with Crippen molar-refractivity contribution in [3.63, 3.8) is 0 Å². The first-order valence-electron chi connectivity index (χ1n) is 13.9. The predicted molar refractivity (Wildman–Crippen MR) is 158 cm³/mol. The monoisotopic (exact) mass is 529 g/mol. The molecule has 208 valence electrons. The second-order valence-corrected chi connectivity index (χ2v) is 16.1. The molecule has 0 radical (unpaired) electrons. The molecule has 3 rings (SSSR count). The molecule has 0 saturated carbocycles. The third-order valence-electron chi connectivity index (χ3n) is 7.61. The van der Waals surface area contributed by atoms with Crippen LogP contribution in [-0.4, -0.2) is 19.3 Å². The predicted octanol–water partition coefficient (Wildman–Crippen LogP) is 8.94. The van der Waals surface area contributed by atoms with Crippen LogP contribution in [0.5, 0.6) is 5.75 Å². The molecule has 2 aliphatic rings. The van der Waals surface area contributed by atoms with E-state index in [0.717, 1.165) is 5.75 Å². The van der Waals surface area contributed by atoms with Gasteiger partial charge in [0.05, 0.1) is 12.7 Å². The van der Waals surface area contributed by atoms with Crippen molar-refractivity contribution in [1.82, 2.24) is 0 Å². The molecular formula is C32H52NO3P. The lowest BCUT2D eigenvalue weighted by Gasteiger charge is -2.44. The van der Waals surface area contributed by atoms with Crippen molar-refractivity contribution in [3.05, 3.63) is 52.1 Å². The maximum absolute atomic E-state index is 6.84. The second-order valence-electron chi connectivity index (χ2n) is 15.0. The van der Waals surface area contributed by atoms with Crippen LogP contribution in [0.25, 0.3) is 0 Å². The van der Waals surface area contributed by atoms with Gasteiger partial charge < -0.3 is 14.8 Å². The summed E-state index contributed by atoms with van der Waals surface area (Å²) in [6.07, 6.45) is 4.71. The number of hydrogen-bond acceptors (Lipinski definition) is 4. The molecular weight excluding hydrogens is 477 g/mol. The van der Waals surface area contributed by atoms with E-state index in [0.29, 0.717) is 13.2 Å². The van der Waals surface area contributed by atoms with Gasteiger partial charge in [-0.25, -0.2) is 0 Å². The van der Waals surface area contributed by atoms with E-state index in [1.165, 1.54) is 27.8 Å². The average Bonchev–Trinajstić information content (AvgIpc) is 2.72. The average molecular weight is 530 g/mol. The highest BCUT2D eigenvalue weighted by Crippen LogP contribution is 2.57. The molecule has 1 aliphatic carbocycles. The molecule has 0 fully saturated rings. The van der Waals surface area contributed by atoms with E-state index in [2.05, 4.69) is 114 Å². The van der Waals surface area contributed by atoms with Crippen LogP contribution in [0.2, 0.25) is 0 Å². The molecule has 2 N–H and O–H groups in total. The summed E-state index contributed by atoms with van der Waals surface area (Å²) < 4.78 is 19.8. The Balaban J connectivity index is 2.34. The number of fused-ring (bicyclic) bond motifs is 2. The third kappa shape index (κ3) is 6.70. The van der Waals surface area contributed by atoms with E-state index in [1.54, 1.807) is 0 Å². The van der Waals surface area contributed by atoms with Gasteiger partial charge in [0, 0.05) is 18.0 Å². The Hall–Kier alpha value is -1.19. The van der Waals surface area contributed by atoms with Crippen molar-refractivity contribution in [2.45, 2.75) is 113 Å². The van der Waals surface area contributed by atoms with Gasteiger partial charge in [-0.1, -0.05) is 114 Å². The summed E-state index contributed by atoms with van der Waals surface area (Å²) in [5.74, 6) is 1.27. The smallest absolute Gasteiger partial charge is 0.397 e. The molecule has 0 aromatic heterocycles. The lowest BCUT2D eigenvalue weighted by atomic mass is 9.67. The summed E-state index contributed by atoms with van der Waals surface area (Å²) in [5, 5.41) is 0. The normalized spacial score (nSPS) is 25.2. The Morgan fingerprint density at radius 2 is 1.49 bits per heavy atom. The first-order valence-corrected chi connectivity index (χ1v) is 15.0. The first kappa shape index (κ1) is 30.4. The van der Waals surface area contributed by atoms with Crippen molar-refractivity contribution in [2.24, 2.45) is 22.5 Å². The molecule has 1 heterocycles. The van der Waals surface area contributed by atoms with Crippen LogP contribution in [0.4, 0.5) is 0 Å². The second kappa shape index (κ2) is 10.4. The number of allylic oxidation sites excluding steroid dienone is 2. The fraction of sp³-hybridized carbons (Fsp3) is 0.688. The minimum Gasteiger partial charge on any atom is -0.426 e. The topological polar surface area (TPSA) is 53.7 Å². The van der Waals surface area contributed by atoms with Gasteiger partial charge in [0.2, 0.25) is 0 Å². The molecule has 1 aliphatic heterocycles. The molecule has 1 aromatic rings. The zero-order valence-corrected chi connectivity index (χ0v) is 26.6. The minimum atomic E-state index is -1.64. The van der Waals surface area contributed by atoms with Gasteiger partial charge in [-0.3, -0.25) is 4.52 Å². The lowest BCUT2D eigenvalue weighted by Crippen LogP contribution is -2.38. The molecule has 0 spiro atoms. The van der Waals surface area contributed by atoms with Crippen LogP contribution in [0.15, 0.2) is 35.4 Å². The van der Waals surface area contributed by atoms with E-state index in [4.69, 9.17) is 19.3 Å². The maximum Gasteiger partial charge on any atom is 0.397 e. The van der Waals surface area contributed by atoms with E-state index >= 15 is 0 Å². The first-order chi connectivity index (χ1) is 16.7. The maximum atomic E-state index is 6.84. The molecule has 5 heteroatoms. The molecule has 0 amide bonds. The summed E-state index contributed by atoms with van der Waals surface area (Å²) in [5.41, 5.74) is 12.2. The largest absolute Gasteiger partial charge is 0.426 e. The Labute approximate surface area is 228 Å². The van der Waals surface area contributed by atoms with Crippen LogP contribution >= 0.6 is 8.60 Å². The Bertz CT molecular complexity index is 1040. The summed E-state index contributed by atoms with van der Waals surface area (Å²) in [4.78, 5) is 0. The molecule has 4 atom stereocenters. The summed E-state index contributed by atoms with van der Waals surface area (Å²) in [6, 6.07) is 4.71. The summed E-state index contributed by atoms with van der Waals surface area (Å²) in [7, 11) is -1.64. The minimum absolute atomic E-state index is 0.0171. The van der Waals surface area contributed by atoms with Crippen molar-refractivity contribution in [3.8, 4) is 5.75 Å². The van der Waals surface area contributed by atoms with Crippen molar-refractivity contribution in [2.75, 3.05) is 13.2 Å². The fourth-order valence-corrected chi connectivity index (χ4v) is 6.31. The quantitative estimate of drug-likeness (QED) is 0.397. The van der Waals surface area contributed by atoms with Gasteiger partial charge in [-0.05, 0) is 49.9 Å². The number of benzene rings is 1. The van der Waals surface area contributed by atoms with E-state index in [1.807, 2.05) is 0 Å². The summed E-state index contributed by atoms with van der Waals surface area (Å²) >= 11 is 0. The molecule has 37 heavy (non-hydrogen) atoms. The zero-order chi connectivity index (χ0) is 28.1. The van der Waals surface area contributed by atoms with Crippen molar-refractivity contribution < 1.29 is 13.6 Å². The Kier molecular flexibility index (Phi) is 8.54. The Morgan fingerprint density at radius 1 is 0.865 bits per heavy atom. The van der Waals surface area contributed by atoms with Crippen LogP contribution in [0, 0.1) is 16.7 Å². The zero-order valence-electron chi connectivity index (χ0n) is 25.7. The van der Waals surface area contributed by atoms with Gasteiger partial charge in [-0.2, -0.15) is 0 Å². The fourth-order valence-electron chi connectivity index (χ4n) is 5.10. The Morgan fingerprint density at radius 3 is 1.97 bits per heavy atom. The van der Waals surface area contributed by atoms with Crippen molar-refractivity contribution in [1.29, 1.82) is 0 Å². The standard InChI is InChI=1S/C32H52NO3P/c1-20-23-16-21(29(2,3)4)18-25(31(8,9)10)27(23)35-37(34-15-14-33)36-28-24(20)17-22(30(5,6)7)19-26(28)32(11,12)13/h16-20,23,27H,14-15,33H2,1-13H3. The van der Waals surface area contributed by atoms with Crippen LogP contribution in [0.1, 0.15) is 113 Å². The molecule has 0 saturated heterocycles. The lowest BCUT2D eigenvalue weighted by molar-refractivity contribution is 0.110. The van der Waals surface area contributed by atoms with Crippen LogP contribution in [-0.2, 0) is 19.9 Å². The van der Waals surface area contributed by atoms with Crippen LogP contribution in [0.3, 0.4) is 0 Å². The van der Waals surface area contributed by atoms with Gasteiger partial charge in [-0.15, -0.1) is 0 Å². The van der Waals surface area contributed by atoms with E-state index in [9.17, 15) is 0 Å². The SMILES string of the molecule is CC1c2cc(C(C)(C)C)cc(C(C)(C)C)c2OP(OCCN)OC2C(C(C)(C)C)=CC(C(C)(C)C)=CC21. The highest BCUT2D eigenvalue weighted by Gasteiger charge is 2.44. The van der Waals surface area contributed by atoms with Gasteiger partial charge >= 0.3 is 8.60 Å². The molecule has 0 bridgehead atoms. The third-order valence-corrected chi connectivity index (χ3v) is 8.74. The van der Waals surface area contributed by atoms with E-state index < -0.39 is 8.60 Å². The molecule has 1 aromatic carbocycles. The highest BCUT2D eigenvalue weighted by atomic mass is 31.2. The number of hydrogen-bond donors (Lipinski definition) is 1. The molecule has 4 nitrogen and oxygen atoms in total. The van der Waals surface area contributed by atoms with Gasteiger partial charge in [0.25, 0.3) is 0 Å². The van der Waals surface area contributed by atoms with Gasteiger partial charge in [0.1, 0.15) is 5.75 Å². The van der Waals surface area contributed by atoms with Crippen LogP contribution < -0.4 is 10.3 Å². The highest BCUT2D eigenvalue weighted by molar-refractivity contribution is 7.42.